The van der Waals surface area contributed by atoms with Crippen molar-refractivity contribution in [3.63, 3.8) is 0 Å². The Morgan fingerprint density at radius 1 is 1.40 bits per heavy atom. The first-order valence-electron chi connectivity index (χ1n) is 5.70. The van der Waals surface area contributed by atoms with E-state index in [-0.39, 0.29) is 12.2 Å². The number of benzene rings is 1. The highest BCUT2D eigenvalue weighted by molar-refractivity contribution is 5.72. The molecular weight excluding hydrogens is 277 g/mol. The van der Waals surface area contributed by atoms with Gasteiger partial charge in [-0.05, 0) is 23.8 Å². The number of carbonyl (C=O) groups is 1. The van der Waals surface area contributed by atoms with Crippen molar-refractivity contribution in [2.24, 2.45) is 0 Å². The number of nitrogen functional groups attached to an aromatic ring is 1. The van der Waals surface area contributed by atoms with Crippen LogP contribution in [0.4, 0.5) is 18.9 Å². The minimum Gasteiger partial charge on any atom is -0.399 e. The van der Waals surface area contributed by atoms with Gasteiger partial charge in [0, 0.05) is 19.2 Å². The lowest BCUT2D eigenvalue weighted by Gasteiger charge is -2.22. The fourth-order valence-electron chi connectivity index (χ4n) is 1.65. The molecule has 1 aromatic rings. The van der Waals surface area contributed by atoms with Gasteiger partial charge in [-0.1, -0.05) is 0 Å². The maximum atomic E-state index is 12.8. The molecule has 0 radical (unpaired) electrons. The zero-order valence-electron chi connectivity index (χ0n) is 10.6. The summed E-state index contributed by atoms with van der Waals surface area (Å²) < 4.78 is 38.4. The monoisotopic (exact) mass is 292 g/mol. The Bertz CT molecular complexity index is 491. The maximum absolute atomic E-state index is 12.8. The van der Waals surface area contributed by atoms with Crippen LogP contribution in [0.2, 0.25) is 0 Å². The van der Waals surface area contributed by atoms with Crippen molar-refractivity contribution in [3.8, 4) is 0 Å². The molecule has 0 saturated carbocycles. The molecule has 0 aromatic heterocycles. The number of hydrogen-bond donors (Lipinski definition) is 4. The van der Waals surface area contributed by atoms with Gasteiger partial charge in [-0.15, -0.1) is 0 Å². The van der Waals surface area contributed by atoms with Crippen molar-refractivity contribution in [1.82, 2.24) is 5.32 Å². The molecule has 0 aliphatic carbocycles. The molecule has 0 spiro atoms. The van der Waals surface area contributed by atoms with Crippen LogP contribution in [0.25, 0.3) is 0 Å². The number of hydrogen-bond acceptors (Lipinski definition) is 4. The third kappa shape index (κ3) is 4.10. The summed E-state index contributed by atoms with van der Waals surface area (Å²) in [7, 11) is 0. The highest BCUT2D eigenvalue weighted by atomic mass is 19.4. The second-order valence-electron chi connectivity index (χ2n) is 4.29. The molecule has 5 nitrogen and oxygen atoms in total. The van der Waals surface area contributed by atoms with Crippen LogP contribution < -0.4 is 11.1 Å². The van der Waals surface area contributed by atoms with Crippen LogP contribution in [0.15, 0.2) is 18.2 Å². The third-order valence-electron chi connectivity index (χ3n) is 2.62. The van der Waals surface area contributed by atoms with Crippen molar-refractivity contribution in [2.45, 2.75) is 25.3 Å². The van der Waals surface area contributed by atoms with Gasteiger partial charge in [0.2, 0.25) is 5.91 Å². The topological polar surface area (TPSA) is 95.6 Å². The molecule has 1 amide bonds. The van der Waals surface area contributed by atoms with Crippen LogP contribution in [0, 0.1) is 0 Å². The predicted octanol–water partition coefficient (Wildman–Crippen LogP) is 0.818. The predicted molar refractivity (Wildman–Crippen MR) is 65.5 cm³/mol. The van der Waals surface area contributed by atoms with E-state index >= 15 is 0 Å². The van der Waals surface area contributed by atoms with Gasteiger partial charge in [0.15, 0.2) is 0 Å². The Morgan fingerprint density at radius 2 is 2.00 bits per heavy atom. The summed E-state index contributed by atoms with van der Waals surface area (Å²) in [5, 5.41) is 21.6. The molecular formula is C12H15F3N2O3. The SMILES string of the molecule is CC(=O)NCC(O)C(O)c1cc(N)ccc1C(F)(F)F. The zero-order chi connectivity index (χ0) is 15.5. The number of carbonyl (C=O) groups excluding carboxylic acids is 1. The standard InChI is InChI=1S/C12H15F3N2O3/c1-6(18)17-5-10(19)11(20)8-4-7(16)2-3-9(8)12(13,14)15/h2-4,10-11,19-20H,5,16H2,1H3,(H,17,18). The molecule has 0 aliphatic rings. The van der Waals surface area contributed by atoms with Gasteiger partial charge in [0.1, 0.15) is 12.2 Å². The van der Waals surface area contributed by atoms with Gasteiger partial charge in [-0.25, -0.2) is 0 Å². The van der Waals surface area contributed by atoms with Crippen molar-refractivity contribution in [1.29, 1.82) is 0 Å². The molecule has 1 rings (SSSR count). The molecule has 1 aromatic carbocycles. The molecule has 0 bridgehead atoms. The summed E-state index contributed by atoms with van der Waals surface area (Å²) in [6.07, 6.45) is -8.08. The normalized spacial score (nSPS) is 14.7. The quantitative estimate of drug-likeness (QED) is 0.618. The molecule has 0 heterocycles. The Morgan fingerprint density at radius 3 is 2.50 bits per heavy atom. The van der Waals surface area contributed by atoms with Crippen molar-refractivity contribution < 1.29 is 28.2 Å². The number of halogens is 3. The molecule has 0 saturated heterocycles. The van der Waals surface area contributed by atoms with Crippen molar-refractivity contribution >= 4 is 11.6 Å². The number of aliphatic hydroxyl groups excluding tert-OH is 2. The average molecular weight is 292 g/mol. The highest BCUT2D eigenvalue weighted by Crippen LogP contribution is 2.36. The van der Waals surface area contributed by atoms with E-state index in [4.69, 9.17) is 5.73 Å². The summed E-state index contributed by atoms with van der Waals surface area (Å²) in [6.45, 7) is 0.809. The van der Waals surface area contributed by atoms with E-state index < -0.39 is 35.4 Å². The lowest BCUT2D eigenvalue weighted by Crippen LogP contribution is -2.35. The summed E-state index contributed by atoms with van der Waals surface area (Å²) in [6, 6.07) is 2.74. The summed E-state index contributed by atoms with van der Waals surface area (Å²) in [5.74, 6) is -0.472. The summed E-state index contributed by atoms with van der Waals surface area (Å²) >= 11 is 0. The highest BCUT2D eigenvalue weighted by Gasteiger charge is 2.36. The first-order chi connectivity index (χ1) is 9.12. The summed E-state index contributed by atoms with van der Waals surface area (Å²) in [5.41, 5.74) is 3.81. The van der Waals surface area contributed by atoms with Crippen molar-refractivity contribution in [3.05, 3.63) is 29.3 Å². The van der Waals surface area contributed by atoms with E-state index in [1.807, 2.05) is 0 Å². The largest absolute Gasteiger partial charge is 0.416 e. The van der Waals surface area contributed by atoms with E-state index in [0.29, 0.717) is 0 Å². The van der Waals surface area contributed by atoms with Gasteiger partial charge in [0.05, 0.1) is 5.56 Å². The maximum Gasteiger partial charge on any atom is 0.416 e. The molecule has 2 atom stereocenters. The lowest BCUT2D eigenvalue weighted by molar-refractivity contribution is -0.140. The third-order valence-corrected chi connectivity index (χ3v) is 2.62. The molecule has 5 N–H and O–H groups in total. The lowest BCUT2D eigenvalue weighted by atomic mass is 9.97. The Balaban J connectivity index is 3.04. The van der Waals surface area contributed by atoms with Gasteiger partial charge in [-0.2, -0.15) is 13.2 Å². The number of rotatable bonds is 4. The number of nitrogens with two attached hydrogens (primary N) is 1. The van der Waals surface area contributed by atoms with Crippen molar-refractivity contribution in [2.75, 3.05) is 12.3 Å². The fourth-order valence-corrected chi connectivity index (χ4v) is 1.65. The van der Waals surface area contributed by atoms with Crippen LogP contribution >= 0.6 is 0 Å². The first-order valence-corrected chi connectivity index (χ1v) is 5.70. The average Bonchev–Trinajstić information content (AvgIpc) is 2.33. The van der Waals surface area contributed by atoms with Gasteiger partial charge in [0.25, 0.3) is 0 Å². The Labute approximate surface area is 113 Å². The minimum atomic E-state index is -4.68. The summed E-state index contributed by atoms with van der Waals surface area (Å²) in [4.78, 5) is 10.7. The molecule has 0 aliphatic heterocycles. The molecule has 2 unspecified atom stereocenters. The smallest absolute Gasteiger partial charge is 0.399 e. The molecule has 20 heavy (non-hydrogen) atoms. The van der Waals surface area contributed by atoms with E-state index in [2.05, 4.69) is 5.32 Å². The van der Waals surface area contributed by atoms with Gasteiger partial charge >= 0.3 is 6.18 Å². The Kier molecular flexibility index (Phi) is 4.96. The second-order valence-corrected chi connectivity index (χ2v) is 4.29. The van der Waals surface area contributed by atoms with E-state index in [9.17, 15) is 28.2 Å². The van der Waals surface area contributed by atoms with Crippen LogP contribution in [0.1, 0.15) is 24.2 Å². The first kappa shape index (κ1) is 16.3. The number of alkyl halides is 3. The number of aliphatic hydroxyl groups is 2. The number of anilines is 1. The van der Waals surface area contributed by atoms with Crippen LogP contribution in [-0.4, -0.2) is 28.8 Å². The number of amides is 1. The Hall–Kier alpha value is -1.80. The van der Waals surface area contributed by atoms with Gasteiger partial charge < -0.3 is 21.3 Å². The van der Waals surface area contributed by atoms with Crippen LogP contribution in [0.3, 0.4) is 0 Å². The van der Waals surface area contributed by atoms with Crippen LogP contribution in [0.5, 0.6) is 0 Å². The second kappa shape index (κ2) is 6.10. The fraction of sp³-hybridized carbons (Fsp3) is 0.417. The molecule has 8 heteroatoms. The zero-order valence-corrected chi connectivity index (χ0v) is 10.6. The van der Waals surface area contributed by atoms with E-state index in [1.165, 1.54) is 6.92 Å². The van der Waals surface area contributed by atoms with E-state index in [1.54, 1.807) is 0 Å². The van der Waals surface area contributed by atoms with E-state index in [0.717, 1.165) is 18.2 Å². The molecule has 0 fully saturated rings. The minimum absolute atomic E-state index is 0.0266. The van der Waals surface area contributed by atoms with Crippen LogP contribution in [-0.2, 0) is 11.0 Å². The molecule has 112 valence electrons. The number of nitrogens with one attached hydrogen (secondary N) is 1. The van der Waals surface area contributed by atoms with Gasteiger partial charge in [-0.3, -0.25) is 4.79 Å².